The Kier molecular flexibility index (Phi) is 4.19. The van der Waals surface area contributed by atoms with Crippen LogP contribution in [0, 0.1) is 18.8 Å². The molecule has 0 unspecified atom stereocenters. The van der Waals surface area contributed by atoms with Crippen molar-refractivity contribution in [3.8, 4) is 0 Å². The van der Waals surface area contributed by atoms with Crippen molar-refractivity contribution >= 4 is 11.9 Å². The van der Waals surface area contributed by atoms with Crippen LogP contribution in [0.5, 0.6) is 0 Å². The number of carboxylic acids is 1. The summed E-state index contributed by atoms with van der Waals surface area (Å²) in [5.74, 6) is -0.893. The van der Waals surface area contributed by atoms with E-state index < -0.39 is 11.9 Å². The minimum atomic E-state index is -0.802. The minimum absolute atomic E-state index is 0.0972. The molecule has 0 saturated heterocycles. The van der Waals surface area contributed by atoms with Gasteiger partial charge in [0.15, 0.2) is 5.76 Å². The highest BCUT2D eigenvalue weighted by Crippen LogP contribution is 2.29. The molecule has 1 aliphatic rings. The van der Waals surface area contributed by atoms with E-state index in [2.05, 4.69) is 10.5 Å². The van der Waals surface area contributed by atoms with Crippen LogP contribution in [0.3, 0.4) is 0 Å². The summed E-state index contributed by atoms with van der Waals surface area (Å²) in [4.78, 5) is 22.9. The molecule has 0 bridgehead atoms. The van der Waals surface area contributed by atoms with Gasteiger partial charge in [0.2, 0.25) is 5.91 Å². The standard InChI is InChI=1S/C13H18N2O4/c1-8-5-11(19-15-8)7-14-12(16)9-3-2-4-10(6-9)13(17)18/h5,9-10H,2-4,6-7H2,1H3,(H,14,16)(H,17,18)/t9-,10+/m0/s1. The molecule has 2 rings (SSSR count). The number of carbonyl (C=O) groups is 2. The molecule has 0 aromatic carbocycles. The molecule has 1 fully saturated rings. The molecule has 6 nitrogen and oxygen atoms in total. The number of aliphatic carboxylic acids is 1. The Balaban J connectivity index is 1.84. The summed E-state index contributed by atoms with van der Waals surface area (Å²) in [6.07, 6.45) is 2.64. The van der Waals surface area contributed by atoms with Crippen LogP contribution in [0.2, 0.25) is 0 Å². The van der Waals surface area contributed by atoms with Crippen LogP contribution < -0.4 is 5.32 Å². The second kappa shape index (κ2) is 5.86. The number of amides is 1. The first-order valence-electron chi connectivity index (χ1n) is 6.49. The molecule has 104 valence electrons. The molecule has 1 aromatic rings. The quantitative estimate of drug-likeness (QED) is 0.861. The van der Waals surface area contributed by atoms with Crippen LogP contribution in [0.15, 0.2) is 10.6 Å². The molecule has 1 saturated carbocycles. The number of nitrogens with zero attached hydrogens (tertiary/aromatic N) is 1. The van der Waals surface area contributed by atoms with Gasteiger partial charge < -0.3 is 14.9 Å². The first-order valence-corrected chi connectivity index (χ1v) is 6.49. The van der Waals surface area contributed by atoms with E-state index >= 15 is 0 Å². The zero-order chi connectivity index (χ0) is 13.8. The minimum Gasteiger partial charge on any atom is -0.481 e. The van der Waals surface area contributed by atoms with Gasteiger partial charge in [0.25, 0.3) is 0 Å². The van der Waals surface area contributed by atoms with Gasteiger partial charge in [0, 0.05) is 12.0 Å². The Morgan fingerprint density at radius 3 is 2.84 bits per heavy atom. The van der Waals surface area contributed by atoms with Crippen molar-refractivity contribution in [2.75, 3.05) is 0 Å². The van der Waals surface area contributed by atoms with Crippen LogP contribution in [0.4, 0.5) is 0 Å². The van der Waals surface area contributed by atoms with Gasteiger partial charge in [-0.05, 0) is 26.2 Å². The predicted molar refractivity (Wildman–Crippen MR) is 66.2 cm³/mol. The number of rotatable bonds is 4. The second-order valence-electron chi connectivity index (χ2n) is 5.05. The smallest absolute Gasteiger partial charge is 0.306 e. The number of nitrogens with one attached hydrogen (secondary N) is 1. The Morgan fingerprint density at radius 2 is 2.21 bits per heavy atom. The highest BCUT2D eigenvalue weighted by molar-refractivity contribution is 5.80. The summed E-state index contributed by atoms with van der Waals surface area (Å²) in [7, 11) is 0. The van der Waals surface area contributed by atoms with Crippen LogP contribution in [-0.2, 0) is 16.1 Å². The van der Waals surface area contributed by atoms with Gasteiger partial charge in [-0.25, -0.2) is 0 Å². The number of aryl methyl sites for hydroxylation is 1. The Bertz CT molecular complexity index is 469. The normalized spacial score (nSPS) is 23.0. The SMILES string of the molecule is Cc1cc(CNC(=O)[C@H]2CCC[C@@H](C(=O)O)C2)on1. The molecule has 19 heavy (non-hydrogen) atoms. The summed E-state index contributed by atoms with van der Waals surface area (Å²) < 4.78 is 5.00. The maximum Gasteiger partial charge on any atom is 0.306 e. The van der Waals surface area contributed by atoms with Crippen molar-refractivity contribution in [3.63, 3.8) is 0 Å². The van der Waals surface area contributed by atoms with E-state index in [4.69, 9.17) is 9.63 Å². The lowest BCUT2D eigenvalue weighted by Crippen LogP contribution is -2.35. The van der Waals surface area contributed by atoms with Crippen molar-refractivity contribution in [1.29, 1.82) is 0 Å². The number of carboxylic acid groups (broad SMARTS) is 1. The molecule has 2 N–H and O–H groups in total. The van der Waals surface area contributed by atoms with E-state index in [0.717, 1.165) is 18.5 Å². The van der Waals surface area contributed by atoms with Crippen LogP contribution in [-0.4, -0.2) is 22.1 Å². The highest BCUT2D eigenvalue weighted by atomic mass is 16.5. The number of carbonyl (C=O) groups excluding carboxylic acids is 1. The summed E-state index contributed by atoms with van der Waals surface area (Å²) in [5, 5.41) is 15.5. The Labute approximate surface area is 111 Å². The van der Waals surface area contributed by atoms with E-state index in [1.807, 2.05) is 6.92 Å². The lowest BCUT2D eigenvalue weighted by Gasteiger charge is -2.25. The van der Waals surface area contributed by atoms with Gasteiger partial charge >= 0.3 is 5.97 Å². The summed E-state index contributed by atoms with van der Waals surface area (Å²) >= 11 is 0. The third kappa shape index (κ3) is 3.56. The number of aromatic nitrogens is 1. The fraction of sp³-hybridized carbons (Fsp3) is 0.615. The zero-order valence-electron chi connectivity index (χ0n) is 10.9. The predicted octanol–water partition coefficient (Wildman–Crippen LogP) is 1.49. The molecule has 1 aromatic heterocycles. The van der Waals surface area contributed by atoms with Gasteiger partial charge in [-0.2, -0.15) is 0 Å². The molecule has 0 radical (unpaired) electrons. The average molecular weight is 266 g/mol. The Hall–Kier alpha value is -1.85. The largest absolute Gasteiger partial charge is 0.481 e. The molecule has 6 heteroatoms. The summed E-state index contributed by atoms with van der Waals surface area (Å²) in [6, 6.07) is 1.77. The third-order valence-electron chi connectivity index (χ3n) is 3.51. The molecule has 0 aliphatic heterocycles. The van der Waals surface area contributed by atoms with Crippen molar-refractivity contribution in [2.45, 2.75) is 39.2 Å². The molecule has 0 spiro atoms. The van der Waals surface area contributed by atoms with Gasteiger partial charge in [-0.3, -0.25) is 9.59 Å². The number of hydrogen-bond donors (Lipinski definition) is 2. The number of hydrogen-bond acceptors (Lipinski definition) is 4. The molecule has 1 heterocycles. The summed E-state index contributed by atoms with van der Waals surface area (Å²) in [5.41, 5.74) is 0.771. The van der Waals surface area contributed by atoms with Gasteiger partial charge in [-0.1, -0.05) is 11.6 Å². The maximum atomic E-state index is 12.0. The molecular formula is C13H18N2O4. The molecule has 2 atom stereocenters. The van der Waals surface area contributed by atoms with Gasteiger partial charge in [0.1, 0.15) is 0 Å². The lowest BCUT2D eigenvalue weighted by molar-refractivity contribution is -0.144. The molecule has 1 amide bonds. The average Bonchev–Trinajstić information content (AvgIpc) is 2.82. The maximum absolute atomic E-state index is 12.0. The van der Waals surface area contributed by atoms with E-state index in [9.17, 15) is 9.59 Å². The third-order valence-corrected chi connectivity index (χ3v) is 3.51. The Morgan fingerprint density at radius 1 is 1.47 bits per heavy atom. The van der Waals surface area contributed by atoms with Gasteiger partial charge in [-0.15, -0.1) is 0 Å². The molecule has 1 aliphatic carbocycles. The van der Waals surface area contributed by atoms with Crippen LogP contribution in [0.1, 0.15) is 37.1 Å². The van der Waals surface area contributed by atoms with E-state index in [-0.39, 0.29) is 11.8 Å². The first kappa shape index (κ1) is 13.6. The molecular weight excluding hydrogens is 248 g/mol. The van der Waals surface area contributed by atoms with Crippen LogP contribution in [0.25, 0.3) is 0 Å². The van der Waals surface area contributed by atoms with Crippen molar-refractivity contribution in [3.05, 3.63) is 17.5 Å². The highest BCUT2D eigenvalue weighted by Gasteiger charge is 2.30. The fourth-order valence-electron chi connectivity index (χ4n) is 2.47. The second-order valence-corrected chi connectivity index (χ2v) is 5.05. The van der Waals surface area contributed by atoms with Crippen molar-refractivity contribution in [1.82, 2.24) is 10.5 Å². The lowest BCUT2D eigenvalue weighted by atomic mass is 9.81. The monoisotopic (exact) mass is 266 g/mol. The van der Waals surface area contributed by atoms with Crippen molar-refractivity contribution in [2.24, 2.45) is 11.8 Å². The van der Waals surface area contributed by atoms with Crippen LogP contribution >= 0.6 is 0 Å². The zero-order valence-corrected chi connectivity index (χ0v) is 10.9. The van der Waals surface area contributed by atoms with Crippen molar-refractivity contribution < 1.29 is 19.2 Å². The van der Waals surface area contributed by atoms with E-state index in [1.54, 1.807) is 6.07 Å². The topological polar surface area (TPSA) is 92.4 Å². The van der Waals surface area contributed by atoms with E-state index in [1.165, 1.54) is 0 Å². The van der Waals surface area contributed by atoms with Gasteiger partial charge in [0.05, 0.1) is 18.2 Å². The van der Waals surface area contributed by atoms with E-state index in [0.29, 0.717) is 25.1 Å². The fourth-order valence-corrected chi connectivity index (χ4v) is 2.47. The summed E-state index contributed by atoms with van der Waals surface area (Å²) in [6.45, 7) is 2.11. The first-order chi connectivity index (χ1) is 9.06.